The first kappa shape index (κ1) is 26.6. The van der Waals surface area contributed by atoms with Crippen molar-refractivity contribution >= 4 is 0 Å². The second kappa shape index (κ2) is 11.5. The van der Waals surface area contributed by atoms with Crippen molar-refractivity contribution in [1.82, 2.24) is 24.5 Å². The van der Waals surface area contributed by atoms with E-state index in [0.29, 0.717) is 6.04 Å². The van der Waals surface area contributed by atoms with Gasteiger partial charge >= 0.3 is 0 Å². The standard InChI is InChI=1S/C33H41N5O2/c1-23-18-27(34-36(23)3)21-38(22-28-19-24(2)37(4)35-28)29-11-13-30(14-12-29)39-31-15-17-33-26(20-31)10-16-32(40-33)25-8-6-5-7-9-25/h5-9,15,17-20,29-30,32H,10-14,16,21-22H2,1-4H3. The zero-order valence-corrected chi connectivity index (χ0v) is 24.2. The van der Waals surface area contributed by atoms with Gasteiger partial charge in [-0.15, -0.1) is 0 Å². The van der Waals surface area contributed by atoms with Crippen LogP contribution in [0.1, 0.15) is 72.1 Å². The summed E-state index contributed by atoms with van der Waals surface area (Å²) < 4.78 is 16.8. The number of fused-ring (bicyclic) bond motifs is 1. The van der Waals surface area contributed by atoms with E-state index in [2.05, 4.69) is 79.4 Å². The van der Waals surface area contributed by atoms with Crippen LogP contribution in [0.15, 0.2) is 60.7 Å². The smallest absolute Gasteiger partial charge is 0.124 e. The van der Waals surface area contributed by atoms with Gasteiger partial charge in [0.05, 0.1) is 17.5 Å². The molecule has 0 radical (unpaired) electrons. The largest absolute Gasteiger partial charge is 0.490 e. The molecule has 1 unspecified atom stereocenters. The van der Waals surface area contributed by atoms with Gasteiger partial charge in [0.2, 0.25) is 0 Å². The Morgan fingerprint density at radius 2 is 1.48 bits per heavy atom. The van der Waals surface area contributed by atoms with E-state index >= 15 is 0 Å². The fraction of sp³-hybridized carbons (Fsp3) is 0.455. The second-order valence-electron chi connectivity index (χ2n) is 11.6. The lowest BCUT2D eigenvalue weighted by atomic mass is 9.91. The molecule has 2 aromatic heterocycles. The molecule has 1 aliphatic carbocycles. The van der Waals surface area contributed by atoms with Gasteiger partial charge in [-0.2, -0.15) is 10.2 Å². The minimum absolute atomic E-state index is 0.128. The summed E-state index contributed by atoms with van der Waals surface area (Å²) in [5, 5.41) is 9.50. The molecule has 0 saturated heterocycles. The van der Waals surface area contributed by atoms with E-state index in [9.17, 15) is 0 Å². The van der Waals surface area contributed by atoms with Gasteiger partial charge in [-0.25, -0.2) is 0 Å². The van der Waals surface area contributed by atoms with Crippen LogP contribution in [0, 0.1) is 13.8 Å². The van der Waals surface area contributed by atoms with Gasteiger partial charge in [-0.1, -0.05) is 30.3 Å². The normalized spacial score (nSPS) is 20.8. The second-order valence-corrected chi connectivity index (χ2v) is 11.6. The van der Waals surface area contributed by atoms with E-state index < -0.39 is 0 Å². The SMILES string of the molecule is Cc1cc(CN(Cc2cc(C)n(C)n2)C2CCC(Oc3ccc4c(c3)CCC(c3ccccc3)O4)CC2)nn1C. The third-order valence-corrected chi connectivity index (χ3v) is 8.67. The molecule has 7 nitrogen and oxygen atoms in total. The Kier molecular flexibility index (Phi) is 7.65. The number of ether oxygens (including phenoxy) is 2. The molecular formula is C33H41N5O2. The van der Waals surface area contributed by atoms with Crippen molar-refractivity contribution in [2.24, 2.45) is 14.1 Å². The molecule has 0 spiro atoms. The van der Waals surface area contributed by atoms with E-state index in [0.717, 1.165) is 74.5 Å². The summed E-state index contributed by atoms with van der Waals surface area (Å²) in [6.45, 7) is 5.89. The quantitative estimate of drug-likeness (QED) is 0.266. The molecule has 4 aromatic rings. The molecule has 3 heterocycles. The summed E-state index contributed by atoms with van der Waals surface area (Å²) in [7, 11) is 4.03. The highest BCUT2D eigenvalue weighted by Crippen LogP contribution is 2.37. The average molecular weight is 540 g/mol. The van der Waals surface area contributed by atoms with Crippen LogP contribution < -0.4 is 9.47 Å². The van der Waals surface area contributed by atoms with Gasteiger partial charge < -0.3 is 9.47 Å². The lowest BCUT2D eigenvalue weighted by Gasteiger charge is -2.36. The fourth-order valence-corrected chi connectivity index (χ4v) is 6.22. The number of benzene rings is 2. The Hall–Kier alpha value is -3.58. The zero-order valence-electron chi connectivity index (χ0n) is 24.2. The predicted octanol–water partition coefficient (Wildman–Crippen LogP) is 6.23. The third-order valence-electron chi connectivity index (χ3n) is 8.67. The van der Waals surface area contributed by atoms with Crippen molar-refractivity contribution in [3.05, 3.63) is 94.6 Å². The van der Waals surface area contributed by atoms with Gasteiger partial charge in [0.1, 0.15) is 17.6 Å². The van der Waals surface area contributed by atoms with Crippen LogP contribution in [0.5, 0.6) is 11.5 Å². The van der Waals surface area contributed by atoms with Crippen LogP contribution in [0.3, 0.4) is 0 Å². The highest BCUT2D eigenvalue weighted by Gasteiger charge is 2.29. The van der Waals surface area contributed by atoms with Gasteiger partial charge in [0, 0.05) is 44.6 Å². The van der Waals surface area contributed by atoms with Gasteiger partial charge in [0.25, 0.3) is 0 Å². The monoisotopic (exact) mass is 539 g/mol. The molecule has 40 heavy (non-hydrogen) atoms. The first-order valence-electron chi connectivity index (χ1n) is 14.7. The summed E-state index contributed by atoms with van der Waals surface area (Å²) in [6, 6.07) is 21.8. The van der Waals surface area contributed by atoms with Crippen molar-refractivity contribution in [3.8, 4) is 11.5 Å². The predicted molar refractivity (Wildman–Crippen MR) is 156 cm³/mol. The fourth-order valence-electron chi connectivity index (χ4n) is 6.22. The summed E-state index contributed by atoms with van der Waals surface area (Å²) >= 11 is 0. The first-order chi connectivity index (χ1) is 19.4. The maximum absolute atomic E-state index is 6.53. The van der Waals surface area contributed by atoms with Crippen LogP contribution in [-0.4, -0.2) is 36.6 Å². The number of nitrogens with zero attached hydrogens (tertiary/aromatic N) is 5. The number of rotatable bonds is 8. The molecule has 0 amide bonds. The highest BCUT2D eigenvalue weighted by molar-refractivity contribution is 5.42. The van der Waals surface area contributed by atoms with Crippen molar-refractivity contribution in [2.45, 2.75) is 83.7 Å². The maximum Gasteiger partial charge on any atom is 0.124 e. The minimum Gasteiger partial charge on any atom is -0.490 e. The Morgan fingerprint density at radius 1 is 0.825 bits per heavy atom. The van der Waals surface area contributed by atoms with E-state index in [1.54, 1.807) is 0 Å². The Labute approximate surface area is 237 Å². The van der Waals surface area contributed by atoms with E-state index in [4.69, 9.17) is 19.7 Å². The molecular weight excluding hydrogens is 498 g/mol. The van der Waals surface area contributed by atoms with Crippen LogP contribution in [0.2, 0.25) is 0 Å². The average Bonchev–Trinajstić information content (AvgIpc) is 3.46. The molecule has 2 aromatic carbocycles. The molecule has 6 rings (SSSR count). The molecule has 1 fully saturated rings. The van der Waals surface area contributed by atoms with Crippen molar-refractivity contribution in [2.75, 3.05) is 0 Å². The molecule has 210 valence electrons. The Balaban J connectivity index is 1.08. The lowest BCUT2D eigenvalue weighted by molar-refractivity contribution is 0.0776. The highest BCUT2D eigenvalue weighted by atomic mass is 16.5. The molecule has 2 aliphatic rings. The number of hydrogen-bond donors (Lipinski definition) is 0. The van der Waals surface area contributed by atoms with Crippen LogP contribution >= 0.6 is 0 Å². The summed E-state index contributed by atoms with van der Waals surface area (Å²) in [4.78, 5) is 2.57. The number of hydrogen-bond acceptors (Lipinski definition) is 5. The van der Waals surface area contributed by atoms with E-state index in [1.165, 1.54) is 22.5 Å². The van der Waals surface area contributed by atoms with Crippen LogP contribution in [0.25, 0.3) is 0 Å². The topological polar surface area (TPSA) is 57.3 Å². The Bertz CT molecular complexity index is 1350. The van der Waals surface area contributed by atoms with Crippen LogP contribution in [-0.2, 0) is 33.6 Å². The van der Waals surface area contributed by atoms with Gasteiger partial charge in [-0.3, -0.25) is 14.3 Å². The zero-order chi connectivity index (χ0) is 27.6. The third kappa shape index (κ3) is 5.94. The van der Waals surface area contributed by atoms with Crippen LogP contribution in [0.4, 0.5) is 0 Å². The first-order valence-corrected chi connectivity index (χ1v) is 14.7. The van der Waals surface area contributed by atoms with Crippen molar-refractivity contribution in [3.63, 3.8) is 0 Å². The molecule has 1 aliphatic heterocycles. The van der Waals surface area contributed by atoms with Crippen molar-refractivity contribution < 1.29 is 9.47 Å². The Morgan fingerprint density at radius 3 is 2.08 bits per heavy atom. The maximum atomic E-state index is 6.53. The number of aromatic nitrogens is 4. The van der Waals surface area contributed by atoms with Crippen molar-refractivity contribution in [1.29, 1.82) is 0 Å². The van der Waals surface area contributed by atoms with E-state index in [1.807, 2.05) is 23.5 Å². The molecule has 0 bridgehead atoms. The van der Waals surface area contributed by atoms with Gasteiger partial charge in [-0.05, 0) is 93.8 Å². The lowest BCUT2D eigenvalue weighted by Crippen LogP contribution is -2.39. The van der Waals surface area contributed by atoms with E-state index in [-0.39, 0.29) is 12.2 Å². The molecule has 0 N–H and O–H groups in total. The summed E-state index contributed by atoms with van der Waals surface area (Å²) in [5.41, 5.74) is 7.11. The molecule has 7 heteroatoms. The summed E-state index contributed by atoms with van der Waals surface area (Å²) in [5.74, 6) is 1.95. The summed E-state index contributed by atoms with van der Waals surface area (Å²) in [6.07, 6.45) is 6.68. The molecule has 1 saturated carbocycles. The number of aryl methyl sites for hydroxylation is 5. The molecule has 1 atom stereocenters. The van der Waals surface area contributed by atoms with Gasteiger partial charge in [0.15, 0.2) is 0 Å². The minimum atomic E-state index is 0.128.